The molecule has 1 atom stereocenters. The van der Waals surface area contributed by atoms with E-state index in [2.05, 4.69) is 16.5 Å². The Balaban J connectivity index is 1.41. The number of para-hydroxylation sites is 1. The van der Waals surface area contributed by atoms with Gasteiger partial charge in [0.05, 0.1) is 17.5 Å². The lowest BCUT2D eigenvalue weighted by atomic mass is 10.0. The highest BCUT2D eigenvalue weighted by Gasteiger charge is 2.32. The number of carbonyl (C=O) groups is 1. The van der Waals surface area contributed by atoms with Crippen molar-refractivity contribution in [2.45, 2.75) is 12.5 Å². The first-order chi connectivity index (χ1) is 13.1. The lowest BCUT2D eigenvalue weighted by Gasteiger charge is -2.29. The number of hydrogen-bond donors (Lipinski definition) is 1. The zero-order chi connectivity index (χ0) is 18.8. The summed E-state index contributed by atoms with van der Waals surface area (Å²) in [6, 6.07) is 16.1. The number of nitrogens with one attached hydrogen (secondary N) is 1. The average Bonchev–Trinajstić information content (AvgIpc) is 3.17. The molecule has 2 aliphatic rings. The van der Waals surface area contributed by atoms with Gasteiger partial charge in [-0.25, -0.2) is 10.0 Å². The van der Waals surface area contributed by atoms with Crippen LogP contribution in [-0.4, -0.2) is 42.1 Å². The number of thioether (sulfide) groups is 1. The third-order valence-electron chi connectivity index (χ3n) is 4.54. The largest absolute Gasteiger partial charge is 0.378 e. The molecular formula is C20H21N5OS. The molecule has 138 valence electrons. The number of benzene rings is 2. The lowest BCUT2D eigenvalue weighted by molar-refractivity contribution is -0.113. The molecule has 1 N–H and O–H groups in total. The highest BCUT2D eigenvalue weighted by atomic mass is 32.2. The zero-order valence-corrected chi connectivity index (χ0v) is 16.1. The number of anilines is 2. The van der Waals surface area contributed by atoms with Crippen molar-refractivity contribution < 1.29 is 4.79 Å². The fourth-order valence-electron chi connectivity index (χ4n) is 3.15. The first-order valence-corrected chi connectivity index (χ1v) is 9.80. The number of carbonyl (C=O) groups excluding carboxylic acids is 1. The van der Waals surface area contributed by atoms with Gasteiger partial charge >= 0.3 is 0 Å². The van der Waals surface area contributed by atoms with E-state index in [1.165, 1.54) is 17.3 Å². The van der Waals surface area contributed by atoms with Crippen molar-refractivity contribution in [1.82, 2.24) is 5.01 Å². The number of nitrogens with zero attached hydrogens (tertiary/aromatic N) is 4. The Hall–Kier alpha value is -2.80. The molecule has 27 heavy (non-hydrogen) atoms. The van der Waals surface area contributed by atoms with Crippen LogP contribution in [0.15, 0.2) is 58.6 Å². The Morgan fingerprint density at radius 2 is 2.00 bits per heavy atom. The summed E-state index contributed by atoms with van der Waals surface area (Å²) in [5, 5.41) is 10.1. The SMILES string of the molecule is CN(C)c1ccc(NC(=O)CSC2=Nc3ccccc3C3CC=NN23)cc1. The molecule has 0 saturated carbocycles. The van der Waals surface area contributed by atoms with Crippen molar-refractivity contribution in [1.29, 1.82) is 0 Å². The maximum Gasteiger partial charge on any atom is 0.234 e. The van der Waals surface area contributed by atoms with Crippen LogP contribution in [0.25, 0.3) is 0 Å². The smallest absolute Gasteiger partial charge is 0.234 e. The molecule has 1 unspecified atom stereocenters. The first-order valence-electron chi connectivity index (χ1n) is 8.81. The topological polar surface area (TPSA) is 60.3 Å². The molecule has 1 amide bonds. The molecule has 0 radical (unpaired) electrons. The Bertz CT molecular complexity index is 907. The van der Waals surface area contributed by atoms with E-state index in [1.54, 1.807) is 0 Å². The average molecular weight is 379 g/mol. The number of hydrazone groups is 1. The number of amides is 1. The van der Waals surface area contributed by atoms with E-state index in [9.17, 15) is 4.79 Å². The number of amidine groups is 1. The van der Waals surface area contributed by atoms with Gasteiger partial charge in [0.25, 0.3) is 0 Å². The summed E-state index contributed by atoms with van der Waals surface area (Å²) in [5.74, 6) is 0.230. The van der Waals surface area contributed by atoms with E-state index in [1.807, 2.05) is 72.7 Å². The standard InChI is InChI=1S/C20H21N5OS/c1-24(2)15-9-7-14(8-10-15)22-19(26)13-27-20-23-17-6-4-3-5-16(17)18-11-12-21-25(18)20/h3-10,12,18H,11,13H2,1-2H3,(H,22,26). The molecule has 2 aromatic carbocycles. The summed E-state index contributed by atoms with van der Waals surface area (Å²) in [6.07, 6.45) is 2.77. The van der Waals surface area contributed by atoms with Crippen LogP contribution in [0.5, 0.6) is 0 Å². The van der Waals surface area contributed by atoms with E-state index < -0.39 is 0 Å². The fraction of sp³-hybridized carbons (Fsp3) is 0.250. The number of aliphatic imine (C=N–C) groups is 1. The highest BCUT2D eigenvalue weighted by molar-refractivity contribution is 8.14. The molecule has 0 spiro atoms. The van der Waals surface area contributed by atoms with Gasteiger partial charge in [0.2, 0.25) is 5.91 Å². The van der Waals surface area contributed by atoms with Crippen molar-refractivity contribution in [2.75, 3.05) is 30.1 Å². The highest BCUT2D eigenvalue weighted by Crippen LogP contribution is 2.40. The summed E-state index contributed by atoms with van der Waals surface area (Å²) in [7, 11) is 3.97. The van der Waals surface area contributed by atoms with Gasteiger partial charge in [-0.05, 0) is 30.3 Å². The van der Waals surface area contributed by atoms with Gasteiger partial charge in [0.1, 0.15) is 0 Å². The van der Waals surface area contributed by atoms with E-state index in [0.717, 1.165) is 28.7 Å². The number of fused-ring (bicyclic) bond motifs is 3. The molecule has 0 aromatic heterocycles. The van der Waals surface area contributed by atoms with Gasteiger partial charge in [-0.15, -0.1) is 0 Å². The molecule has 2 aromatic rings. The Morgan fingerprint density at radius 3 is 2.78 bits per heavy atom. The molecule has 0 saturated heterocycles. The number of hydrogen-bond acceptors (Lipinski definition) is 6. The summed E-state index contributed by atoms with van der Waals surface area (Å²) in [6.45, 7) is 0. The Morgan fingerprint density at radius 1 is 1.22 bits per heavy atom. The minimum atomic E-state index is -0.0566. The second-order valence-corrected chi connectivity index (χ2v) is 7.57. The maximum atomic E-state index is 12.4. The van der Waals surface area contributed by atoms with E-state index >= 15 is 0 Å². The van der Waals surface area contributed by atoms with Crippen LogP contribution >= 0.6 is 11.8 Å². The molecule has 4 rings (SSSR count). The van der Waals surface area contributed by atoms with E-state index in [-0.39, 0.29) is 17.7 Å². The third-order valence-corrected chi connectivity index (χ3v) is 5.48. The van der Waals surface area contributed by atoms with E-state index in [0.29, 0.717) is 0 Å². The van der Waals surface area contributed by atoms with Crippen LogP contribution in [0, 0.1) is 0 Å². The summed E-state index contributed by atoms with van der Waals surface area (Å²) >= 11 is 1.41. The molecule has 0 aliphatic carbocycles. The summed E-state index contributed by atoms with van der Waals surface area (Å²) in [5.41, 5.74) is 4.03. The Kier molecular flexibility index (Phi) is 4.85. The van der Waals surface area contributed by atoms with Crippen molar-refractivity contribution in [3.8, 4) is 0 Å². The van der Waals surface area contributed by atoms with Crippen LogP contribution in [0.1, 0.15) is 18.0 Å². The third kappa shape index (κ3) is 3.68. The normalized spacial score (nSPS) is 17.2. The molecular weight excluding hydrogens is 358 g/mol. The quantitative estimate of drug-likeness (QED) is 0.876. The van der Waals surface area contributed by atoms with Gasteiger partial charge < -0.3 is 10.2 Å². The predicted molar refractivity (Wildman–Crippen MR) is 113 cm³/mol. The minimum absolute atomic E-state index is 0.0566. The Labute approximate surface area is 163 Å². The monoisotopic (exact) mass is 379 g/mol. The first kappa shape index (κ1) is 17.6. The predicted octanol–water partition coefficient (Wildman–Crippen LogP) is 3.86. The second kappa shape index (κ2) is 7.44. The van der Waals surface area contributed by atoms with Crippen LogP contribution in [0.2, 0.25) is 0 Å². The van der Waals surface area contributed by atoms with Crippen LogP contribution in [0.4, 0.5) is 17.1 Å². The summed E-state index contributed by atoms with van der Waals surface area (Å²) in [4.78, 5) is 19.1. The fourth-order valence-corrected chi connectivity index (χ4v) is 3.95. The van der Waals surface area contributed by atoms with Gasteiger partial charge in [0, 0.05) is 43.7 Å². The van der Waals surface area contributed by atoms with Crippen molar-refractivity contribution in [3.63, 3.8) is 0 Å². The number of rotatable bonds is 4. The molecule has 2 heterocycles. The molecule has 0 bridgehead atoms. The van der Waals surface area contributed by atoms with Crippen molar-refractivity contribution in [2.24, 2.45) is 10.1 Å². The van der Waals surface area contributed by atoms with Gasteiger partial charge in [0.15, 0.2) is 5.17 Å². The van der Waals surface area contributed by atoms with E-state index in [4.69, 9.17) is 4.99 Å². The molecule has 6 nitrogen and oxygen atoms in total. The summed E-state index contributed by atoms with van der Waals surface area (Å²) < 4.78 is 0. The lowest BCUT2D eigenvalue weighted by Crippen LogP contribution is -2.29. The zero-order valence-electron chi connectivity index (χ0n) is 15.3. The maximum absolute atomic E-state index is 12.4. The molecule has 2 aliphatic heterocycles. The van der Waals surface area contributed by atoms with Crippen molar-refractivity contribution >= 4 is 46.1 Å². The van der Waals surface area contributed by atoms with Crippen LogP contribution in [-0.2, 0) is 4.79 Å². The molecule has 7 heteroatoms. The van der Waals surface area contributed by atoms with Gasteiger partial charge in [-0.3, -0.25) is 4.79 Å². The second-order valence-electron chi connectivity index (χ2n) is 6.63. The van der Waals surface area contributed by atoms with Gasteiger partial charge in [-0.2, -0.15) is 5.10 Å². The van der Waals surface area contributed by atoms with Crippen molar-refractivity contribution in [3.05, 3.63) is 54.1 Å². The van der Waals surface area contributed by atoms with Crippen LogP contribution in [0.3, 0.4) is 0 Å². The van der Waals surface area contributed by atoms with Crippen LogP contribution < -0.4 is 10.2 Å². The minimum Gasteiger partial charge on any atom is -0.378 e. The van der Waals surface area contributed by atoms with Gasteiger partial charge in [-0.1, -0.05) is 30.0 Å². The molecule has 0 fully saturated rings.